The van der Waals surface area contributed by atoms with Gasteiger partial charge in [0.1, 0.15) is 11.6 Å². The van der Waals surface area contributed by atoms with Gasteiger partial charge in [-0.3, -0.25) is 4.79 Å². The first-order valence-corrected chi connectivity index (χ1v) is 9.96. The molecule has 6 heteroatoms. The first-order valence-electron chi connectivity index (χ1n) is 9.96. The number of hydrogen-bond acceptors (Lipinski definition) is 5. The minimum atomic E-state index is -0.668. The van der Waals surface area contributed by atoms with E-state index in [0.29, 0.717) is 19.3 Å². The maximum Gasteiger partial charge on any atom is 0.309 e. The highest BCUT2D eigenvalue weighted by molar-refractivity contribution is 5.75. The van der Waals surface area contributed by atoms with Crippen molar-refractivity contribution in [2.24, 2.45) is 5.41 Å². The van der Waals surface area contributed by atoms with E-state index in [1.807, 2.05) is 13.1 Å². The molecule has 1 atom stereocenters. The summed E-state index contributed by atoms with van der Waals surface area (Å²) in [5.74, 6) is 1.09. The SMILES string of the molecule is CCCc1cnc(C)nc1N1CCC(C[C@H]2CCCCO2)(C(=O)O)CC1. The Kier molecular flexibility index (Phi) is 6.12. The van der Waals surface area contributed by atoms with Crippen LogP contribution in [-0.2, 0) is 16.0 Å². The van der Waals surface area contributed by atoms with Crippen molar-refractivity contribution in [2.75, 3.05) is 24.6 Å². The number of rotatable bonds is 6. The number of carbonyl (C=O) groups is 1. The molecule has 3 rings (SSSR count). The van der Waals surface area contributed by atoms with Gasteiger partial charge in [0.25, 0.3) is 0 Å². The Hall–Kier alpha value is -1.69. The van der Waals surface area contributed by atoms with Gasteiger partial charge in [-0.2, -0.15) is 0 Å². The molecule has 0 radical (unpaired) electrons. The molecule has 0 amide bonds. The Bertz CT molecular complexity index is 621. The quantitative estimate of drug-likeness (QED) is 0.837. The van der Waals surface area contributed by atoms with Crippen LogP contribution >= 0.6 is 0 Å². The fraction of sp³-hybridized carbons (Fsp3) is 0.750. The standard InChI is InChI=1S/C20H31N3O3/c1-3-6-16-14-21-15(2)22-18(16)23-10-8-20(9-11-23,19(24)25)13-17-7-4-5-12-26-17/h14,17H,3-13H2,1-2H3,(H,24,25)/t17-/m1/s1. The van der Waals surface area contributed by atoms with Crippen molar-refractivity contribution in [1.82, 2.24) is 9.97 Å². The van der Waals surface area contributed by atoms with Gasteiger partial charge in [-0.25, -0.2) is 9.97 Å². The van der Waals surface area contributed by atoms with Gasteiger partial charge in [-0.05, 0) is 51.9 Å². The third-order valence-corrected chi connectivity index (χ3v) is 5.85. The summed E-state index contributed by atoms with van der Waals surface area (Å²) in [5.41, 5.74) is 0.502. The summed E-state index contributed by atoms with van der Waals surface area (Å²) >= 11 is 0. The molecule has 2 aliphatic heterocycles. The summed E-state index contributed by atoms with van der Waals surface area (Å²) in [6.45, 7) is 6.29. The first-order chi connectivity index (χ1) is 12.5. The molecule has 2 fully saturated rings. The number of hydrogen-bond donors (Lipinski definition) is 1. The number of ether oxygens (including phenoxy) is 1. The van der Waals surface area contributed by atoms with E-state index < -0.39 is 11.4 Å². The van der Waals surface area contributed by atoms with Crippen LogP contribution < -0.4 is 4.90 Å². The lowest BCUT2D eigenvalue weighted by atomic mass is 9.73. The van der Waals surface area contributed by atoms with Crippen LogP contribution in [0.25, 0.3) is 0 Å². The van der Waals surface area contributed by atoms with E-state index in [1.165, 1.54) is 0 Å². The van der Waals surface area contributed by atoms with Crippen LogP contribution in [0.3, 0.4) is 0 Å². The summed E-state index contributed by atoms with van der Waals surface area (Å²) in [6, 6.07) is 0. The fourth-order valence-electron chi connectivity index (χ4n) is 4.26. The highest BCUT2D eigenvalue weighted by Gasteiger charge is 2.44. The summed E-state index contributed by atoms with van der Waals surface area (Å²) in [6.07, 6.45) is 9.19. The monoisotopic (exact) mass is 361 g/mol. The molecule has 144 valence electrons. The van der Waals surface area contributed by atoms with Crippen LogP contribution in [0.2, 0.25) is 0 Å². The summed E-state index contributed by atoms with van der Waals surface area (Å²) < 4.78 is 5.84. The van der Waals surface area contributed by atoms with Crippen molar-refractivity contribution < 1.29 is 14.6 Å². The summed E-state index contributed by atoms with van der Waals surface area (Å²) in [4.78, 5) is 23.4. The van der Waals surface area contributed by atoms with Gasteiger partial charge in [-0.15, -0.1) is 0 Å². The van der Waals surface area contributed by atoms with Crippen molar-refractivity contribution in [3.63, 3.8) is 0 Å². The lowest BCUT2D eigenvalue weighted by molar-refractivity contribution is -0.154. The van der Waals surface area contributed by atoms with Gasteiger partial charge >= 0.3 is 5.97 Å². The van der Waals surface area contributed by atoms with Gasteiger partial charge < -0.3 is 14.7 Å². The van der Waals surface area contributed by atoms with Crippen LogP contribution in [0.15, 0.2) is 6.20 Å². The van der Waals surface area contributed by atoms with E-state index in [1.54, 1.807) is 0 Å². The van der Waals surface area contributed by atoms with Crippen LogP contribution in [0.5, 0.6) is 0 Å². The second-order valence-electron chi connectivity index (χ2n) is 7.78. The van der Waals surface area contributed by atoms with Crippen LogP contribution in [0.4, 0.5) is 5.82 Å². The number of nitrogens with zero attached hydrogens (tertiary/aromatic N) is 3. The number of aromatic nitrogens is 2. The molecule has 0 spiro atoms. The second kappa shape index (κ2) is 8.33. The van der Waals surface area contributed by atoms with E-state index in [-0.39, 0.29) is 6.10 Å². The zero-order valence-electron chi connectivity index (χ0n) is 16.0. The smallest absolute Gasteiger partial charge is 0.309 e. The van der Waals surface area contributed by atoms with Crippen LogP contribution in [0.1, 0.15) is 63.3 Å². The van der Waals surface area contributed by atoms with E-state index in [4.69, 9.17) is 4.74 Å². The van der Waals surface area contributed by atoms with Gasteiger partial charge in [0, 0.05) is 31.5 Å². The number of carboxylic acids is 1. The number of anilines is 1. The van der Waals surface area contributed by atoms with Crippen molar-refractivity contribution in [1.29, 1.82) is 0 Å². The Morgan fingerprint density at radius 1 is 1.38 bits per heavy atom. The number of carboxylic acid groups (broad SMARTS) is 1. The zero-order chi connectivity index (χ0) is 18.6. The molecule has 0 bridgehead atoms. The van der Waals surface area contributed by atoms with E-state index in [0.717, 1.165) is 69.0 Å². The lowest BCUT2D eigenvalue weighted by Crippen LogP contribution is -2.47. The topological polar surface area (TPSA) is 75.5 Å². The van der Waals surface area contributed by atoms with Crippen molar-refractivity contribution in [3.05, 3.63) is 17.6 Å². The van der Waals surface area contributed by atoms with Gasteiger partial charge in [0.2, 0.25) is 0 Å². The Morgan fingerprint density at radius 2 is 2.15 bits per heavy atom. The molecule has 0 saturated carbocycles. The number of piperidine rings is 1. The van der Waals surface area contributed by atoms with Crippen molar-refractivity contribution in [3.8, 4) is 0 Å². The molecule has 2 saturated heterocycles. The zero-order valence-corrected chi connectivity index (χ0v) is 16.0. The maximum atomic E-state index is 12.1. The Labute approximate surface area is 156 Å². The highest BCUT2D eigenvalue weighted by atomic mass is 16.5. The molecule has 0 aromatic carbocycles. The Balaban J connectivity index is 1.72. The summed E-state index contributed by atoms with van der Waals surface area (Å²) in [7, 11) is 0. The fourth-order valence-corrected chi connectivity index (χ4v) is 4.26. The van der Waals surface area contributed by atoms with Crippen molar-refractivity contribution in [2.45, 2.75) is 71.3 Å². The number of aryl methyl sites for hydroxylation is 2. The van der Waals surface area contributed by atoms with Crippen LogP contribution in [0, 0.1) is 12.3 Å². The molecule has 3 heterocycles. The molecule has 6 nitrogen and oxygen atoms in total. The first kappa shape index (κ1) is 19.1. The molecule has 1 N–H and O–H groups in total. The van der Waals surface area contributed by atoms with E-state index in [9.17, 15) is 9.90 Å². The third kappa shape index (κ3) is 4.17. The largest absolute Gasteiger partial charge is 0.481 e. The Morgan fingerprint density at radius 3 is 2.77 bits per heavy atom. The molecule has 1 aromatic rings. The van der Waals surface area contributed by atoms with E-state index >= 15 is 0 Å². The molecular weight excluding hydrogens is 330 g/mol. The second-order valence-corrected chi connectivity index (χ2v) is 7.78. The summed E-state index contributed by atoms with van der Waals surface area (Å²) in [5, 5.41) is 9.96. The normalized spacial score (nSPS) is 23.0. The molecule has 0 aliphatic carbocycles. The van der Waals surface area contributed by atoms with E-state index in [2.05, 4.69) is 21.8 Å². The van der Waals surface area contributed by atoms with Gasteiger partial charge in [0.05, 0.1) is 11.5 Å². The number of aliphatic carboxylic acids is 1. The molecule has 1 aromatic heterocycles. The van der Waals surface area contributed by atoms with Gasteiger partial charge in [0.15, 0.2) is 0 Å². The lowest BCUT2D eigenvalue weighted by Gasteiger charge is -2.42. The predicted molar refractivity (Wildman–Crippen MR) is 100 cm³/mol. The van der Waals surface area contributed by atoms with Crippen molar-refractivity contribution >= 4 is 11.8 Å². The maximum absolute atomic E-state index is 12.1. The highest BCUT2D eigenvalue weighted by Crippen LogP contribution is 2.40. The van der Waals surface area contributed by atoms with Gasteiger partial charge in [-0.1, -0.05) is 13.3 Å². The third-order valence-electron chi connectivity index (χ3n) is 5.85. The van der Waals surface area contributed by atoms with Crippen LogP contribution in [-0.4, -0.2) is 46.8 Å². The molecule has 26 heavy (non-hydrogen) atoms. The average molecular weight is 361 g/mol. The molecule has 2 aliphatic rings. The molecular formula is C20H31N3O3. The molecule has 0 unspecified atom stereocenters. The minimum Gasteiger partial charge on any atom is -0.481 e. The minimum absolute atomic E-state index is 0.100. The predicted octanol–water partition coefficient (Wildman–Crippen LogP) is 3.37. The average Bonchev–Trinajstić information content (AvgIpc) is 2.65.